The van der Waals surface area contributed by atoms with E-state index in [0.29, 0.717) is 10.2 Å². The zero-order valence-electron chi connectivity index (χ0n) is 13.7. The maximum absolute atomic E-state index is 12.0. The average Bonchev–Trinajstić information content (AvgIpc) is 3.06. The lowest BCUT2D eigenvalue weighted by molar-refractivity contribution is 0.473. The van der Waals surface area contributed by atoms with Gasteiger partial charge in [-0.1, -0.05) is 42.5 Å². The number of H-pyrrole nitrogens is 1. The summed E-state index contributed by atoms with van der Waals surface area (Å²) in [6.07, 6.45) is 0. The second kappa shape index (κ2) is 6.33. The smallest absolute Gasteiger partial charge is 0.257 e. The number of aromatic hydroxyl groups is 2. The molecule has 26 heavy (non-hydrogen) atoms. The highest BCUT2D eigenvalue weighted by Gasteiger charge is 2.16. The molecule has 2 heterocycles. The van der Waals surface area contributed by atoms with Crippen molar-refractivity contribution in [3.63, 3.8) is 0 Å². The average molecular weight is 364 g/mol. The molecule has 0 saturated heterocycles. The molecule has 0 atom stereocenters. The number of rotatable bonds is 3. The lowest BCUT2D eigenvalue weighted by Crippen LogP contribution is -2.15. The molecule has 0 spiro atoms. The summed E-state index contributed by atoms with van der Waals surface area (Å²) in [7, 11) is 0. The summed E-state index contributed by atoms with van der Waals surface area (Å²) in [5, 5.41) is 23.0. The molecular weight excluding hydrogens is 348 g/mol. The van der Waals surface area contributed by atoms with Gasteiger partial charge in [-0.25, -0.2) is 0 Å². The Morgan fingerprint density at radius 2 is 1.62 bits per heavy atom. The molecule has 0 bridgehead atoms. The zero-order valence-corrected chi connectivity index (χ0v) is 14.5. The molecule has 2 aromatic heterocycles. The van der Waals surface area contributed by atoms with E-state index < -0.39 is 0 Å². The van der Waals surface area contributed by atoms with Crippen LogP contribution in [0, 0.1) is 0 Å². The summed E-state index contributed by atoms with van der Waals surface area (Å²) in [5.74, 6) is 0.163. The first kappa shape index (κ1) is 16.4. The SMILES string of the molecule is NCc1c(O)c2c(-c3ccc(-c4ccccc4O)cc3)csc2[nH]c1=O. The fraction of sp³-hybridized carbons (Fsp3) is 0.0500. The van der Waals surface area contributed by atoms with E-state index in [9.17, 15) is 15.0 Å². The Morgan fingerprint density at radius 1 is 0.962 bits per heavy atom. The monoisotopic (exact) mass is 364 g/mol. The molecule has 0 fully saturated rings. The highest BCUT2D eigenvalue weighted by molar-refractivity contribution is 7.17. The van der Waals surface area contributed by atoms with Crippen molar-refractivity contribution in [1.82, 2.24) is 4.98 Å². The van der Waals surface area contributed by atoms with Gasteiger partial charge in [-0.15, -0.1) is 11.3 Å². The number of pyridine rings is 1. The van der Waals surface area contributed by atoms with Crippen LogP contribution < -0.4 is 11.3 Å². The first-order valence-corrected chi connectivity index (χ1v) is 8.92. The third-order valence-corrected chi connectivity index (χ3v) is 5.33. The van der Waals surface area contributed by atoms with Crippen LogP contribution in [-0.4, -0.2) is 15.2 Å². The van der Waals surface area contributed by atoms with Crippen molar-refractivity contribution in [2.45, 2.75) is 6.54 Å². The number of phenols is 1. The number of fused-ring (bicyclic) bond motifs is 1. The molecule has 0 aliphatic heterocycles. The molecule has 5 nitrogen and oxygen atoms in total. The van der Waals surface area contributed by atoms with Crippen molar-refractivity contribution in [3.8, 4) is 33.8 Å². The maximum atomic E-state index is 12.0. The Kier molecular flexibility index (Phi) is 3.99. The van der Waals surface area contributed by atoms with E-state index in [-0.39, 0.29) is 29.2 Å². The van der Waals surface area contributed by atoms with Gasteiger partial charge in [0.1, 0.15) is 16.3 Å². The van der Waals surface area contributed by atoms with Crippen LogP contribution in [0.2, 0.25) is 0 Å². The van der Waals surface area contributed by atoms with E-state index in [4.69, 9.17) is 5.73 Å². The van der Waals surface area contributed by atoms with E-state index in [1.807, 2.05) is 41.8 Å². The fourth-order valence-electron chi connectivity index (χ4n) is 3.07. The number of nitrogens with two attached hydrogens (primary N) is 1. The van der Waals surface area contributed by atoms with Crippen LogP contribution in [-0.2, 0) is 6.54 Å². The van der Waals surface area contributed by atoms with Crippen LogP contribution in [0.3, 0.4) is 0 Å². The van der Waals surface area contributed by atoms with Crippen LogP contribution in [0.5, 0.6) is 11.5 Å². The van der Waals surface area contributed by atoms with E-state index in [0.717, 1.165) is 22.3 Å². The topological polar surface area (TPSA) is 99.3 Å². The van der Waals surface area contributed by atoms with Crippen LogP contribution >= 0.6 is 11.3 Å². The van der Waals surface area contributed by atoms with E-state index in [1.54, 1.807) is 12.1 Å². The lowest BCUT2D eigenvalue weighted by atomic mass is 9.99. The molecule has 0 aliphatic rings. The third kappa shape index (κ3) is 2.56. The van der Waals surface area contributed by atoms with E-state index in [2.05, 4.69) is 4.98 Å². The standard InChI is InChI=1S/C20H16N2O3S/c21-9-14-18(24)17-15(10-26-20(17)22-19(14)25)12-7-5-11(6-8-12)13-3-1-2-4-16(13)23/h1-8,10,23H,9,21H2,(H2,22,24,25). The van der Waals surface area contributed by atoms with Crippen LogP contribution in [0.15, 0.2) is 58.7 Å². The molecule has 0 aliphatic carbocycles. The van der Waals surface area contributed by atoms with Gasteiger partial charge in [-0.05, 0) is 17.2 Å². The van der Waals surface area contributed by atoms with Gasteiger partial charge in [0.25, 0.3) is 5.56 Å². The second-order valence-electron chi connectivity index (χ2n) is 5.93. The highest BCUT2D eigenvalue weighted by atomic mass is 32.1. The summed E-state index contributed by atoms with van der Waals surface area (Å²) in [5.41, 5.74) is 8.81. The summed E-state index contributed by atoms with van der Waals surface area (Å²) >= 11 is 1.36. The Balaban J connectivity index is 1.84. The number of hydrogen-bond acceptors (Lipinski definition) is 5. The third-order valence-electron chi connectivity index (χ3n) is 4.43. The number of hydrogen-bond donors (Lipinski definition) is 4. The van der Waals surface area contributed by atoms with Gasteiger partial charge in [0, 0.05) is 23.1 Å². The summed E-state index contributed by atoms with van der Waals surface area (Å²) < 4.78 is 0. The fourth-order valence-corrected chi connectivity index (χ4v) is 4.04. The molecule has 0 unspecified atom stereocenters. The maximum Gasteiger partial charge on any atom is 0.257 e. The molecule has 0 saturated carbocycles. The minimum atomic E-state index is -0.360. The number of para-hydroxylation sites is 1. The normalized spacial score (nSPS) is 11.1. The minimum Gasteiger partial charge on any atom is -0.507 e. The molecule has 130 valence electrons. The number of phenolic OH excluding ortho intramolecular Hbond substituents is 1. The first-order valence-electron chi connectivity index (χ1n) is 8.04. The Bertz CT molecular complexity index is 1160. The molecule has 0 radical (unpaired) electrons. The van der Waals surface area contributed by atoms with E-state index >= 15 is 0 Å². The Hall–Kier alpha value is -3.09. The Labute approximate surface area is 153 Å². The number of thiophene rings is 1. The number of benzene rings is 2. The van der Waals surface area contributed by atoms with Crippen LogP contribution in [0.1, 0.15) is 5.56 Å². The van der Waals surface area contributed by atoms with E-state index in [1.165, 1.54) is 11.3 Å². The molecule has 5 N–H and O–H groups in total. The summed E-state index contributed by atoms with van der Waals surface area (Å²) in [6.45, 7) is -0.0292. The molecule has 4 aromatic rings. The quantitative estimate of drug-likeness (QED) is 0.444. The number of nitrogens with one attached hydrogen (secondary N) is 1. The summed E-state index contributed by atoms with van der Waals surface area (Å²) in [4.78, 5) is 15.3. The van der Waals surface area contributed by atoms with Crippen molar-refractivity contribution in [1.29, 1.82) is 0 Å². The lowest BCUT2D eigenvalue weighted by Gasteiger charge is -2.08. The van der Waals surface area contributed by atoms with Gasteiger partial charge < -0.3 is 20.9 Å². The first-order chi connectivity index (χ1) is 12.6. The Morgan fingerprint density at radius 3 is 2.27 bits per heavy atom. The molecular formula is C20H16N2O3S. The zero-order chi connectivity index (χ0) is 18.3. The van der Waals surface area contributed by atoms with Crippen molar-refractivity contribution < 1.29 is 10.2 Å². The molecule has 0 amide bonds. The second-order valence-corrected chi connectivity index (χ2v) is 6.81. The van der Waals surface area contributed by atoms with Crippen molar-refractivity contribution >= 4 is 21.6 Å². The van der Waals surface area contributed by atoms with Gasteiger partial charge in [0.2, 0.25) is 0 Å². The van der Waals surface area contributed by atoms with Gasteiger partial charge in [0.05, 0.1) is 10.9 Å². The predicted molar refractivity (Wildman–Crippen MR) is 105 cm³/mol. The number of aromatic nitrogens is 1. The molecule has 2 aromatic carbocycles. The summed E-state index contributed by atoms with van der Waals surface area (Å²) in [6, 6.07) is 14.8. The van der Waals surface area contributed by atoms with Gasteiger partial charge in [0.15, 0.2) is 0 Å². The largest absolute Gasteiger partial charge is 0.507 e. The van der Waals surface area contributed by atoms with Crippen LogP contribution in [0.25, 0.3) is 32.5 Å². The van der Waals surface area contributed by atoms with Crippen molar-refractivity contribution in [2.75, 3.05) is 0 Å². The minimum absolute atomic E-state index is 0.0292. The van der Waals surface area contributed by atoms with Crippen LogP contribution in [0.4, 0.5) is 0 Å². The number of aromatic amines is 1. The predicted octanol–water partition coefficient (Wildman–Crippen LogP) is 3.79. The van der Waals surface area contributed by atoms with Crippen molar-refractivity contribution in [2.24, 2.45) is 5.73 Å². The van der Waals surface area contributed by atoms with Crippen molar-refractivity contribution in [3.05, 3.63) is 69.8 Å². The van der Waals surface area contributed by atoms with Gasteiger partial charge >= 0.3 is 0 Å². The molecule has 6 heteroatoms. The van der Waals surface area contributed by atoms with Gasteiger partial charge in [-0.3, -0.25) is 4.79 Å². The van der Waals surface area contributed by atoms with Gasteiger partial charge in [-0.2, -0.15) is 0 Å². The molecule has 4 rings (SSSR count). The highest BCUT2D eigenvalue weighted by Crippen LogP contribution is 2.39.